The third-order valence-corrected chi connectivity index (χ3v) is 3.92. The second-order valence-electron chi connectivity index (χ2n) is 4.99. The summed E-state index contributed by atoms with van der Waals surface area (Å²) in [5.41, 5.74) is 1.96. The molecule has 3 atom stereocenters. The molecule has 1 aromatic carbocycles. The number of phenols is 1. The Morgan fingerprint density at radius 1 is 1.38 bits per heavy atom. The minimum absolute atomic E-state index is 0.378. The van der Waals surface area contributed by atoms with E-state index in [1.165, 1.54) is 12.8 Å². The zero-order valence-electron chi connectivity index (χ0n) is 9.48. The molecule has 0 saturated heterocycles. The molecule has 1 fully saturated rings. The Labute approximate surface area is 96.0 Å². The number of aryl methyl sites for hydroxylation is 1. The van der Waals surface area contributed by atoms with Gasteiger partial charge in [-0.2, -0.15) is 0 Å². The number of phenolic OH excluding ortho intramolecular Hbond substituents is 1. The molecule has 0 aromatic heterocycles. The Morgan fingerprint density at radius 3 is 3.00 bits per heavy atom. The lowest BCUT2D eigenvalue weighted by molar-refractivity contribution is 0.218. The number of benzene rings is 1. The van der Waals surface area contributed by atoms with Crippen molar-refractivity contribution in [2.45, 2.75) is 25.8 Å². The number of nitrogens with one attached hydrogen (secondary N) is 1. The van der Waals surface area contributed by atoms with E-state index in [0.29, 0.717) is 17.7 Å². The van der Waals surface area contributed by atoms with Gasteiger partial charge in [0.25, 0.3) is 0 Å². The highest BCUT2D eigenvalue weighted by Crippen LogP contribution is 2.44. The average Bonchev–Trinajstić information content (AvgIpc) is 2.61. The van der Waals surface area contributed by atoms with Gasteiger partial charge in [-0.3, -0.25) is 0 Å². The Hall–Kier alpha value is -1.44. The van der Waals surface area contributed by atoms with E-state index in [4.69, 9.17) is 0 Å². The van der Waals surface area contributed by atoms with Crippen LogP contribution in [-0.4, -0.2) is 11.1 Å². The quantitative estimate of drug-likeness (QED) is 0.743. The van der Waals surface area contributed by atoms with Gasteiger partial charge in [-0.1, -0.05) is 18.2 Å². The fraction of sp³-hybridized carbons (Fsp3) is 0.429. The van der Waals surface area contributed by atoms with Gasteiger partial charge in [0.05, 0.1) is 0 Å². The lowest BCUT2D eigenvalue weighted by Gasteiger charge is -2.41. The van der Waals surface area contributed by atoms with Crippen molar-refractivity contribution in [2.75, 3.05) is 5.32 Å². The number of hydrogen-bond donors (Lipinski definition) is 2. The van der Waals surface area contributed by atoms with Crippen LogP contribution in [0, 0.1) is 18.8 Å². The van der Waals surface area contributed by atoms with Crippen LogP contribution in [-0.2, 0) is 0 Å². The van der Waals surface area contributed by atoms with Crippen LogP contribution >= 0.6 is 0 Å². The van der Waals surface area contributed by atoms with Gasteiger partial charge >= 0.3 is 0 Å². The summed E-state index contributed by atoms with van der Waals surface area (Å²) < 4.78 is 0. The third kappa shape index (κ3) is 1.49. The number of aromatic hydroxyl groups is 1. The monoisotopic (exact) mass is 215 g/mol. The lowest BCUT2D eigenvalue weighted by atomic mass is 9.71. The van der Waals surface area contributed by atoms with E-state index < -0.39 is 0 Å². The molecule has 0 spiro atoms. The van der Waals surface area contributed by atoms with Gasteiger partial charge in [0.2, 0.25) is 0 Å². The zero-order chi connectivity index (χ0) is 11.1. The number of hydrogen-bond acceptors (Lipinski definition) is 2. The second-order valence-corrected chi connectivity index (χ2v) is 4.99. The standard InChI is InChI=1S/C14H17NO/c1-9-5-6-11(8-14(9)16)15-13-7-10-3-2-4-12(10)13/h2,4-6,8,10,12-13,15-16H,3,7H2,1H3. The van der Waals surface area contributed by atoms with Crippen molar-refractivity contribution in [3.05, 3.63) is 35.9 Å². The Bertz CT molecular complexity index is 438. The molecular weight excluding hydrogens is 198 g/mol. The molecule has 0 amide bonds. The molecule has 2 aliphatic rings. The van der Waals surface area contributed by atoms with E-state index in [2.05, 4.69) is 17.5 Å². The summed E-state index contributed by atoms with van der Waals surface area (Å²) in [6.45, 7) is 1.91. The first-order valence-electron chi connectivity index (χ1n) is 5.97. The van der Waals surface area contributed by atoms with Crippen molar-refractivity contribution in [3.63, 3.8) is 0 Å². The number of anilines is 1. The van der Waals surface area contributed by atoms with Gasteiger partial charge < -0.3 is 10.4 Å². The summed E-state index contributed by atoms with van der Waals surface area (Å²) in [6.07, 6.45) is 7.14. The first-order valence-corrected chi connectivity index (χ1v) is 5.97. The average molecular weight is 215 g/mol. The summed E-state index contributed by atoms with van der Waals surface area (Å²) in [7, 11) is 0. The summed E-state index contributed by atoms with van der Waals surface area (Å²) in [5.74, 6) is 1.96. The van der Waals surface area contributed by atoms with E-state index in [-0.39, 0.29) is 0 Å². The van der Waals surface area contributed by atoms with Crippen molar-refractivity contribution in [1.29, 1.82) is 0 Å². The van der Waals surface area contributed by atoms with Gasteiger partial charge in [-0.15, -0.1) is 0 Å². The topological polar surface area (TPSA) is 32.3 Å². The second kappa shape index (κ2) is 3.55. The van der Waals surface area contributed by atoms with Crippen LogP contribution in [0.4, 0.5) is 5.69 Å². The molecule has 0 radical (unpaired) electrons. The highest BCUT2D eigenvalue weighted by Gasteiger charge is 2.40. The molecule has 0 heterocycles. The van der Waals surface area contributed by atoms with Crippen LogP contribution in [0.15, 0.2) is 30.4 Å². The van der Waals surface area contributed by atoms with Gasteiger partial charge in [0.1, 0.15) is 5.75 Å². The molecule has 2 N–H and O–H groups in total. The van der Waals surface area contributed by atoms with E-state index in [9.17, 15) is 5.11 Å². The first-order chi connectivity index (χ1) is 7.74. The lowest BCUT2D eigenvalue weighted by Crippen LogP contribution is -2.43. The number of allylic oxidation sites excluding steroid dienone is 1. The Kier molecular flexibility index (Phi) is 2.16. The van der Waals surface area contributed by atoms with Crippen molar-refractivity contribution in [3.8, 4) is 5.75 Å². The fourth-order valence-electron chi connectivity index (χ4n) is 2.80. The smallest absolute Gasteiger partial charge is 0.120 e. The maximum Gasteiger partial charge on any atom is 0.120 e. The van der Waals surface area contributed by atoms with E-state index in [0.717, 1.165) is 17.2 Å². The minimum Gasteiger partial charge on any atom is -0.508 e. The Morgan fingerprint density at radius 2 is 2.25 bits per heavy atom. The predicted molar refractivity (Wildman–Crippen MR) is 65.6 cm³/mol. The van der Waals surface area contributed by atoms with Crippen LogP contribution in [0.3, 0.4) is 0 Å². The SMILES string of the molecule is Cc1ccc(NC2CC3CC=CC32)cc1O. The molecule has 16 heavy (non-hydrogen) atoms. The van der Waals surface area contributed by atoms with E-state index in [1.54, 1.807) is 0 Å². The molecule has 3 rings (SSSR count). The van der Waals surface area contributed by atoms with E-state index >= 15 is 0 Å². The van der Waals surface area contributed by atoms with Crippen LogP contribution < -0.4 is 5.32 Å². The van der Waals surface area contributed by atoms with Gasteiger partial charge in [0.15, 0.2) is 0 Å². The molecule has 3 unspecified atom stereocenters. The maximum absolute atomic E-state index is 9.64. The summed E-state index contributed by atoms with van der Waals surface area (Å²) in [5, 5.41) is 13.1. The highest BCUT2D eigenvalue weighted by atomic mass is 16.3. The van der Waals surface area contributed by atoms with E-state index in [1.807, 2.05) is 25.1 Å². The molecule has 2 nitrogen and oxygen atoms in total. The van der Waals surface area contributed by atoms with Crippen LogP contribution in [0.5, 0.6) is 5.75 Å². The summed E-state index contributed by atoms with van der Waals surface area (Å²) in [6, 6.07) is 6.38. The van der Waals surface area contributed by atoms with Gasteiger partial charge in [0, 0.05) is 23.7 Å². The normalized spacial score (nSPS) is 30.9. The zero-order valence-corrected chi connectivity index (χ0v) is 9.48. The molecule has 1 aromatic rings. The highest BCUT2D eigenvalue weighted by molar-refractivity contribution is 5.52. The molecular formula is C14H17NO. The van der Waals surface area contributed by atoms with Crippen molar-refractivity contribution >= 4 is 5.69 Å². The van der Waals surface area contributed by atoms with Crippen LogP contribution in [0.1, 0.15) is 18.4 Å². The number of fused-ring (bicyclic) bond motifs is 1. The van der Waals surface area contributed by atoms with Gasteiger partial charge in [-0.25, -0.2) is 0 Å². The van der Waals surface area contributed by atoms with Crippen LogP contribution in [0.2, 0.25) is 0 Å². The molecule has 84 valence electrons. The molecule has 2 aliphatic carbocycles. The Balaban J connectivity index is 1.70. The van der Waals surface area contributed by atoms with Crippen LogP contribution in [0.25, 0.3) is 0 Å². The first kappa shape index (κ1) is 9.76. The third-order valence-electron chi connectivity index (χ3n) is 3.92. The van der Waals surface area contributed by atoms with Gasteiger partial charge in [-0.05, 0) is 37.3 Å². The summed E-state index contributed by atoms with van der Waals surface area (Å²) in [4.78, 5) is 0. The fourth-order valence-corrected chi connectivity index (χ4v) is 2.80. The summed E-state index contributed by atoms with van der Waals surface area (Å²) >= 11 is 0. The number of rotatable bonds is 2. The molecule has 0 aliphatic heterocycles. The predicted octanol–water partition coefficient (Wildman–Crippen LogP) is 3.08. The molecule has 2 heteroatoms. The largest absolute Gasteiger partial charge is 0.508 e. The van der Waals surface area contributed by atoms with Crippen molar-refractivity contribution in [2.24, 2.45) is 11.8 Å². The molecule has 0 bridgehead atoms. The molecule has 1 saturated carbocycles. The minimum atomic E-state index is 0.378. The maximum atomic E-state index is 9.64. The van der Waals surface area contributed by atoms with Crippen molar-refractivity contribution < 1.29 is 5.11 Å². The van der Waals surface area contributed by atoms with Crippen molar-refractivity contribution in [1.82, 2.24) is 0 Å².